The van der Waals surface area contributed by atoms with E-state index in [1.807, 2.05) is 18.2 Å². The molecule has 1 amide bonds. The van der Waals surface area contributed by atoms with Gasteiger partial charge in [-0.25, -0.2) is 19.7 Å². The van der Waals surface area contributed by atoms with Crippen LogP contribution in [0, 0.1) is 5.92 Å². The van der Waals surface area contributed by atoms with Crippen molar-refractivity contribution in [2.24, 2.45) is 5.92 Å². The number of carboxylic acid groups (broad SMARTS) is 1. The molecule has 27 heavy (non-hydrogen) atoms. The fourth-order valence-corrected chi connectivity index (χ4v) is 2.70. The number of nitrogens with zero attached hydrogens (tertiary/aromatic N) is 3. The number of rotatable bonds is 8. The van der Waals surface area contributed by atoms with Gasteiger partial charge in [0.1, 0.15) is 11.6 Å². The molecule has 0 saturated heterocycles. The van der Waals surface area contributed by atoms with E-state index in [-0.39, 0.29) is 6.54 Å². The van der Waals surface area contributed by atoms with E-state index in [9.17, 15) is 4.79 Å². The van der Waals surface area contributed by atoms with Gasteiger partial charge < -0.3 is 20.2 Å². The molecule has 0 aliphatic rings. The standard InChI is InChI=1S/C19H23N5O3/c1-12(2)3-6-17-23-15-5-4-13(16-10-20-11-27-16)9-14(15)18(24-17)21-7-8-22-19(25)26/h4-5,9-12,22H,3,6-8H2,1-2H3,(H,25,26)(H,21,23,24). The third-order valence-electron chi connectivity index (χ3n) is 4.10. The molecule has 3 aromatic rings. The molecule has 0 unspecified atom stereocenters. The molecule has 8 heteroatoms. The first-order valence-corrected chi connectivity index (χ1v) is 8.93. The van der Waals surface area contributed by atoms with Crippen LogP contribution >= 0.6 is 0 Å². The quantitative estimate of drug-likeness (QED) is 0.520. The highest BCUT2D eigenvalue weighted by Gasteiger charge is 2.11. The monoisotopic (exact) mass is 369 g/mol. The summed E-state index contributed by atoms with van der Waals surface area (Å²) in [5.41, 5.74) is 1.71. The molecule has 0 aliphatic carbocycles. The van der Waals surface area contributed by atoms with Crippen molar-refractivity contribution >= 4 is 22.8 Å². The normalized spacial score (nSPS) is 11.1. The minimum atomic E-state index is -1.05. The number of aromatic nitrogens is 3. The number of carbonyl (C=O) groups is 1. The molecule has 1 aromatic carbocycles. The molecule has 3 rings (SSSR count). The van der Waals surface area contributed by atoms with E-state index < -0.39 is 6.09 Å². The molecule has 0 bridgehead atoms. The van der Waals surface area contributed by atoms with E-state index in [1.54, 1.807) is 6.20 Å². The number of aryl methyl sites for hydroxylation is 1. The van der Waals surface area contributed by atoms with Gasteiger partial charge in [-0.2, -0.15) is 0 Å². The van der Waals surface area contributed by atoms with E-state index in [2.05, 4.69) is 39.4 Å². The summed E-state index contributed by atoms with van der Waals surface area (Å²) in [6.45, 7) is 5.04. The molecule has 0 atom stereocenters. The maximum atomic E-state index is 10.6. The van der Waals surface area contributed by atoms with Crippen LogP contribution in [0.4, 0.5) is 10.6 Å². The Bertz CT molecular complexity index is 909. The van der Waals surface area contributed by atoms with Crippen LogP contribution in [0.2, 0.25) is 0 Å². The Hall–Kier alpha value is -3.16. The predicted octanol–water partition coefficient (Wildman–Crippen LogP) is 3.55. The first-order chi connectivity index (χ1) is 13.0. The summed E-state index contributed by atoms with van der Waals surface area (Å²) >= 11 is 0. The minimum absolute atomic E-state index is 0.282. The molecule has 2 aromatic heterocycles. The van der Waals surface area contributed by atoms with Gasteiger partial charge in [-0.15, -0.1) is 0 Å². The zero-order valence-electron chi connectivity index (χ0n) is 15.4. The number of fused-ring (bicyclic) bond motifs is 1. The second kappa shape index (κ2) is 8.48. The second-order valence-corrected chi connectivity index (χ2v) is 6.68. The van der Waals surface area contributed by atoms with Crippen LogP contribution in [0.3, 0.4) is 0 Å². The highest BCUT2D eigenvalue weighted by Crippen LogP contribution is 2.27. The van der Waals surface area contributed by atoms with Gasteiger partial charge >= 0.3 is 6.09 Å². The second-order valence-electron chi connectivity index (χ2n) is 6.68. The number of hydrogen-bond acceptors (Lipinski definition) is 6. The number of hydrogen-bond donors (Lipinski definition) is 3. The van der Waals surface area contributed by atoms with Crippen molar-refractivity contribution in [3.63, 3.8) is 0 Å². The third-order valence-corrected chi connectivity index (χ3v) is 4.10. The molecular weight excluding hydrogens is 346 g/mol. The van der Waals surface area contributed by atoms with E-state index >= 15 is 0 Å². The van der Waals surface area contributed by atoms with Gasteiger partial charge in [0, 0.05) is 30.5 Å². The summed E-state index contributed by atoms with van der Waals surface area (Å²) in [5, 5.41) is 15.1. The van der Waals surface area contributed by atoms with Gasteiger partial charge in [-0.3, -0.25) is 0 Å². The maximum absolute atomic E-state index is 10.6. The first-order valence-electron chi connectivity index (χ1n) is 8.93. The van der Waals surface area contributed by atoms with Crippen molar-refractivity contribution in [2.45, 2.75) is 26.7 Å². The fourth-order valence-electron chi connectivity index (χ4n) is 2.70. The Morgan fingerprint density at radius 1 is 1.26 bits per heavy atom. The van der Waals surface area contributed by atoms with Gasteiger partial charge in [0.25, 0.3) is 0 Å². The average Bonchev–Trinajstić information content (AvgIpc) is 3.17. The number of nitrogens with one attached hydrogen (secondary N) is 2. The Kier molecular flexibility index (Phi) is 5.85. The molecule has 3 N–H and O–H groups in total. The lowest BCUT2D eigenvalue weighted by Gasteiger charge is -2.12. The van der Waals surface area contributed by atoms with Crippen LogP contribution in [0.25, 0.3) is 22.2 Å². The zero-order valence-corrected chi connectivity index (χ0v) is 15.4. The lowest BCUT2D eigenvalue weighted by atomic mass is 10.1. The molecule has 0 radical (unpaired) electrons. The number of benzene rings is 1. The van der Waals surface area contributed by atoms with Gasteiger partial charge in [-0.1, -0.05) is 13.8 Å². The summed E-state index contributed by atoms with van der Waals surface area (Å²) in [5.74, 6) is 2.69. The van der Waals surface area contributed by atoms with Crippen LogP contribution in [-0.4, -0.2) is 39.2 Å². The molecule has 0 aliphatic heterocycles. The molecule has 2 heterocycles. The third kappa shape index (κ3) is 4.93. The van der Waals surface area contributed by atoms with Gasteiger partial charge in [0.2, 0.25) is 0 Å². The van der Waals surface area contributed by atoms with Crippen LogP contribution in [0.1, 0.15) is 26.1 Å². The molecule has 0 spiro atoms. The van der Waals surface area contributed by atoms with E-state index in [1.165, 1.54) is 6.39 Å². The van der Waals surface area contributed by atoms with E-state index in [0.717, 1.165) is 35.1 Å². The number of oxazole rings is 1. The fraction of sp³-hybridized carbons (Fsp3) is 0.368. The van der Waals surface area contributed by atoms with Crippen molar-refractivity contribution < 1.29 is 14.3 Å². The molecular formula is C19H23N5O3. The Labute approximate surface area is 157 Å². The highest BCUT2D eigenvalue weighted by molar-refractivity contribution is 5.92. The molecule has 0 saturated carbocycles. The van der Waals surface area contributed by atoms with Gasteiger partial charge in [0.05, 0.1) is 11.7 Å². The van der Waals surface area contributed by atoms with Crippen molar-refractivity contribution in [3.05, 3.63) is 36.6 Å². The van der Waals surface area contributed by atoms with Crippen LogP contribution in [0.5, 0.6) is 0 Å². The van der Waals surface area contributed by atoms with Crippen LogP contribution in [0.15, 0.2) is 35.2 Å². The predicted molar refractivity (Wildman–Crippen MR) is 103 cm³/mol. The minimum Gasteiger partial charge on any atom is -0.465 e. The van der Waals surface area contributed by atoms with Crippen molar-refractivity contribution in [1.82, 2.24) is 20.3 Å². The summed E-state index contributed by atoms with van der Waals surface area (Å²) in [6, 6.07) is 5.83. The van der Waals surface area contributed by atoms with Crippen molar-refractivity contribution in [1.29, 1.82) is 0 Å². The van der Waals surface area contributed by atoms with Crippen LogP contribution in [-0.2, 0) is 6.42 Å². The van der Waals surface area contributed by atoms with Crippen molar-refractivity contribution in [3.8, 4) is 11.3 Å². The largest absolute Gasteiger partial charge is 0.465 e. The molecule has 142 valence electrons. The lowest BCUT2D eigenvalue weighted by Crippen LogP contribution is -2.27. The average molecular weight is 369 g/mol. The summed E-state index contributed by atoms with van der Waals surface area (Å²) in [4.78, 5) is 23.9. The summed E-state index contributed by atoms with van der Waals surface area (Å²) in [6.07, 6.45) is 3.79. The van der Waals surface area contributed by atoms with Crippen molar-refractivity contribution in [2.75, 3.05) is 18.4 Å². The topological polar surface area (TPSA) is 113 Å². The zero-order chi connectivity index (χ0) is 19.2. The smallest absolute Gasteiger partial charge is 0.404 e. The first kappa shape index (κ1) is 18.6. The summed E-state index contributed by atoms with van der Waals surface area (Å²) < 4.78 is 5.37. The molecule has 8 nitrogen and oxygen atoms in total. The Morgan fingerprint density at radius 3 is 2.81 bits per heavy atom. The Balaban J connectivity index is 1.92. The van der Waals surface area contributed by atoms with E-state index in [0.29, 0.717) is 24.0 Å². The summed E-state index contributed by atoms with van der Waals surface area (Å²) in [7, 11) is 0. The van der Waals surface area contributed by atoms with E-state index in [4.69, 9.17) is 9.52 Å². The number of anilines is 1. The lowest BCUT2D eigenvalue weighted by molar-refractivity contribution is 0.195. The highest BCUT2D eigenvalue weighted by atomic mass is 16.4. The SMILES string of the molecule is CC(C)CCc1nc(NCCNC(=O)O)c2cc(-c3cnco3)ccc2n1. The number of amides is 1. The maximum Gasteiger partial charge on any atom is 0.404 e. The van der Waals surface area contributed by atoms with Gasteiger partial charge in [-0.05, 0) is 30.5 Å². The van der Waals surface area contributed by atoms with Gasteiger partial charge in [0.15, 0.2) is 12.2 Å². The molecule has 0 fully saturated rings. The Morgan fingerprint density at radius 2 is 2.11 bits per heavy atom. The van der Waals surface area contributed by atoms with Crippen LogP contribution < -0.4 is 10.6 Å².